The molecule has 0 amide bonds. The maximum atomic E-state index is 12.4. The first kappa shape index (κ1) is 30.1. The van der Waals surface area contributed by atoms with Gasteiger partial charge in [0.05, 0.1) is 13.4 Å². The zero-order valence-corrected chi connectivity index (χ0v) is 23.8. The summed E-state index contributed by atoms with van der Waals surface area (Å²) in [6, 6.07) is 8.40. The number of nitrogens with two attached hydrogens (primary N) is 2. The largest absolute Gasteiger partial charge is 0.585 e. The fourth-order valence-electron chi connectivity index (χ4n) is 4.20. The van der Waals surface area contributed by atoms with E-state index in [0.29, 0.717) is 5.52 Å². The molecule has 6 N–H and O–H groups in total. The van der Waals surface area contributed by atoms with Gasteiger partial charge in [-0.3, -0.25) is 9.36 Å². The smallest absolute Gasteiger partial charge is 0.479 e. The highest BCUT2D eigenvalue weighted by atomic mass is 32.7. The Labute approximate surface area is 235 Å². The summed E-state index contributed by atoms with van der Waals surface area (Å²) in [5.41, 5.74) is 11.3. The van der Waals surface area contributed by atoms with Gasteiger partial charge in [0.15, 0.2) is 28.8 Å². The molecule has 0 aliphatic carbocycles. The lowest BCUT2D eigenvalue weighted by Crippen LogP contribution is -2.44. The molecule has 14 nitrogen and oxygen atoms in total. The molecule has 4 rings (SSSR count). The molecule has 0 spiro atoms. The number of imidazole rings is 1. The molecule has 1 fully saturated rings. The fourth-order valence-corrected chi connectivity index (χ4v) is 6.22. The van der Waals surface area contributed by atoms with Crippen LogP contribution in [0.5, 0.6) is 5.88 Å². The third kappa shape index (κ3) is 6.52. The maximum Gasteiger partial charge on any atom is 0.585 e. The second kappa shape index (κ2) is 12.7. The second-order valence-electron chi connectivity index (χ2n) is 9.35. The van der Waals surface area contributed by atoms with E-state index in [1.807, 2.05) is 30.3 Å². The summed E-state index contributed by atoms with van der Waals surface area (Å²) in [6.45, 7) is 2.88. The Bertz CT molecular complexity index is 1350. The van der Waals surface area contributed by atoms with Crippen molar-refractivity contribution in [2.45, 2.75) is 56.5 Å². The number of methoxy groups -OCH3 is 1. The van der Waals surface area contributed by atoms with Crippen LogP contribution in [0, 0.1) is 0 Å². The number of aromatic nitrogens is 4. The van der Waals surface area contributed by atoms with Gasteiger partial charge in [-0.15, -0.1) is 4.52 Å². The van der Waals surface area contributed by atoms with Crippen LogP contribution >= 0.6 is 18.6 Å². The Morgan fingerprint density at radius 1 is 1.32 bits per heavy atom. The van der Waals surface area contributed by atoms with E-state index in [-0.39, 0.29) is 36.3 Å². The molecule has 1 aromatic carbocycles. The van der Waals surface area contributed by atoms with Gasteiger partial charge in [0, 0.05) is 5.75 Å². The molecule has 40 heavy (non-hydrogen) atoms. The SMILES string of the molecule is COc1nc(N)nc2c1ncn2C1OC(CO[P+](=O)SCCC(N)C(=O)OC(C)c2ccccc2)C(O)C1(C)O. The third-order valence-electron chi connectivity index (χ3n) is 6.44. The average Bonchev–Trinajstić information content (AvgIpc) is 3.44. The lowest BCUT2D eigenvalue weighted by molar-refractivity contribution is -0.150. The average molecular weight is 596 g/mol. The van der Waals surface area contributed by atoms with Crippen molar-refractivity contribution in [2.75, 3.05) is 25.2 Å². The molecule has 16 heteroatoms. The Hall–Kier alpha value is -2.91. The van der Waals surface area contributed by atoms with Crippen LogP contribution in [0.2, 0.25) is 0 Å². The van der Waals surface area contributed by atoms with Gasteiger partial charge in [-0.05, 0) is 30.4 Å². The lowest BCUT2D eigenvalue weighted by Gasteiger charge is -2.27. The Balaban J connectivity index is 1.27. The van der Waals surface area contributed by atoms with E-state index >= 15 is 0 Å². The van der Waals surface area contributed by atoms with Crippen molar-refractivity contribution in [3.05, 3.63) is 42.2 Å². The number of anilines is 1. The van der Waals surface area contributed by atoms with Crippen LogP contribution in [0.15, 0.2) is 36.7 Å². The minimum atomic E-state index is -2.23. The normalized spacial score (nSPS) is 24.6. The number of nitrogens with zero attached hydrogens (tertiary/aromatic N) is 4. The molecule has 3 aromatic rings. The number of esters is 1. The number of aliphatic hydroxyl groups excluding tert-OH is 1. The Morgan fingerprint density at radius 3 is 2.75 bits per heavy atom. The first-order chi connectivity index (χ1) is 19.0. The van der Waals surface area contributed by atoms with Gasteiger partial charge in [0.1, 0.15) is 36.6 Å². The summed E-state index contributed by atoms with van der Waals surface area (Å²) in [6.07, 6.45) is -2.39. The van der Waals surface area contributed by atoms with Crippen LogP contribution in [-0.2, 0) is 23.4 Å². The second-order valence-corrected chi connectivity index (χ2v) is 12.4. The van der Waals surface area contributed by atoms with Gasteiger partial charge in [-0.25, -0.2) is 4.98 Å². The number of rotatable bonds is 12. The van der Waals surface area contributed by atoms with Gasteiger partial charge in [-0.1, -0.05) is 30.3 Å². The first-order valence-electron chi connectivity index (χ1n) is 12.4. The van der Waals surface area contributed by atoms with Crippen molar-refractivity contribution in [3.8, 4) is 5.88 Å². The van der Waals surface area contributed by atoms with Crippen LogP contribution in [0.3, 0.4) is 0 Å². The summed E-state index contributed by atoms with van der Waals surface area (Å²) < 4.78 is 35.7. The van der Waals surface area contributed by atoms with Gasteiger partial charge < -0.3 is 35.9 Å². The van der Waals surface area contributed by atoms with E-state index < -0.39 is 49.4 Å². The molecule has 2 aromatic heterocycles. The zero-order chi connectivity index (χ0) is 29.0. The Morgan fingerprint density at radius 2 is 2.05 bits per heavy atom. The highest BCUT2D eigenvalue weighted by Gasteiger charge is 2.54. The van der Waals surface area contributed by atoms with Crippen LogP contribution in [0.4, 0.5) is 5.95 Å². The van der Waals surface area contributed by atoms with E-state index in [0.717, 1.165) is 16.9 Å². The summed E-state index contributed by atoms with van der Waals surface area (Å²) in [7, 11) is -0.827. The van der Waals surface area contributed by atoms with E-state index in [9.17, 15) is 19.6 Å². The molecule has 7 atom stereocenters. The van der Waals surface area contributed by atoms with Crippen molar-refractivity contribution in [1.82, 2.24) is 19.5 Å². The summed E-state index contributed by atoms with van der Waals surface area (Å²) in [5, 5.41) is 21.8. The number of aliphatic hydroxyl groups is 2. The van der Waals surface area contributed by atoms with Crippen molar-refractivity contribution >= 4 is 41.7 Å². The summed E-state index contributed by atoms with van der Waals surface area (Å²) >= 11 is 0.968. The summed E-state index contributed by atoms with van der Waals surface area (Å²) in [5.74, 6) is -0.215. The molecule has 216 valence electrons. The topological polar surface area (TPSA) is 207 Å². The minimum absolute atomic E-state index is 0.0723. The third-order valence-corrected chi connectivity index (χ3v) is 8.93. The van der Waals surface area contributed by atoms with Crippen molar-refractivity contribution in [3.63, 3.8) is 0 Å². The molecular formula is C24H32N6O8PS+. The quantitative estimate of drug-likeness (QED) is 0.174. The minimum Gasteiger partial charge on any atom is -0.479 e. The molecule has 0 bridgehead atoms. The zero-order valence-electron chi connectivity index (χ0n) is 22.1. The Kier molecular flexibility index (Phi) is 9.56. The number of benzene rings is 1. The highest BCUT2D eigenvalue weighted by Crippen LogP contribution is 2.43. The predicted molar refractivity (Wildman–Crippen MR) is 146 cm³/mol. The lowest BCUT2D eigenvalue weighted by atomic mass is 9.96. The maximum absolute atomic E-state index is 12.4. The van der Waals surface area contributed by atoms with Gasteiger partial charge >= 0.3 is 13.2 Å². The van der Waals surface area contributed by atoms with E-state index in [1.165, 1.54) is 24.9 Å². The summed E-state index contributed by atoms with van der Waals surface area (Å²) in [4.78, 5) is 24.7. The molecule has 0 radical (unpaired) electrons. The van der Waals surface area contributed by atoms with Gasteiger partial charge in [0.2, 0.25) is 11.8 Å². The molecule has 3 heterocycles. The molecule has 0 saturated carbocycles. The van der Waals surface area contributed by atoms with E-state index in [1.54, 1.807) is 6.92 Å². The van der Waals surface area contributed by atoms with E-state index in [2.05, 4.69) is 15.0 Å². The van der Waals surface area contributed by atoms with Crippen LogP contribution in [0.1, 0.15) is 38.2 Å². The highest BCUT2D eigenvalue weighted by molar-refractivity contribution is 8.50. The number of fused-ring (bicyclic) bond motifs is 1. The molecular weight excluding hydrogens is 563 g/mol. The van der Waals surface area contributed by atoms with Gasteiger partial charge in [-0.2, -0.15) is 9.97 Å². The number of nitrogen functional groups attached to an aromatic ring is 1. The standard InChI is InChI=1S/C24H32N6O8PS/c1-13(14-7-5-4-6-8-14)37-21(32)15(25)9-10-40-39(34)36-11-16-18(31)24(2,33)22(38-16)30-12-27-17-19(30)28-23(26)29-20(17)35-3/h4-8,12-13,15-16,18,22,31,33H,9-11,25H2,1-3H3,(H2,26,28,29)/q+1. The molecule has 7 unspecified atom stereocenters. The molecule has 1 aliphatic rings. The van der Waals surface area contributed by atoms with Crippen LogP contribution in [0.25, 0.3) is 11.2 Å². The molecule has 1 aliphatic heterocycles. The van der Waals surface area contributed by atoms with E-state index in [4.69, 9.17) is 30.2 Å². The monoisotopic (exact) mass is 595 g/mol. The number of ether oxygens (including phenoxy) is 3. The number of hydrogen-bond acceptors (Lipinski definition) is 14. The van der Waals surface area contributed by atoms with Crippen molar-refractivity contribution in [2.24, 2.45) is 5.73 Å². The fraction of sp³-hybridized carbons (Fsp3) is 0.500. The number of hydrogen-bond donors (Lipinski definition) is 4. The van der Waals surface area contributed by atoms with Crippen LogP contribution in [-0.4, -0.2) is 79.0 Å². The first-order valence-corrected chi connectivity index (χ1v) is 15.1. The predicted octanol–water partition coefficient (Wildman–Crippen LogP) is 1.86. The van der Waals surface area contributed by atoms with Crippen molar-refractivity contribution < 1.29 is 38.3 Å². The van der Waals surface area contributed by atoms with Crippen LogP contribution < -0.4 is 16.2 Å². The number of carbonyl (C=O) groups excluding carboxylic acids is 1. The molecule has 1 saturated heterocycles. The van der Waals surface area contributed by atoms with Gasteiger partial charge in [0.25, 0.3) is 0 Å². The van der Waals surface area contributed by atoms with Crippen molar-refractivity contribution in [1.29, 1.82) is 0 Å². The number of carbonyl (C=O) groups is 1.